The Kier molecular flexibility index (Phi) is 10.3. The second-order valence-electron chi connectivity index (χ2n) is 11.7. The van der Waals surface area contributed by atoms with Crippen molar-refractivity contribution >= 4 is 17.6 Å². The highest BCUT2D eigenvalue weighted by Crippen LogP contribution is 2.38. The van der Waals surface area contributed by atoms with E-state index in [0.717, 1.165) is 91.6 Å². The third-order valence-electron chi connectivity index (χ3n) is 8.84. The lowest BCUT2D eigenvalue weighted by Crippen LogP contribution is -2.44. The maximum atomic E-state index is 12.0. The molecule has 0 saturated carbocycles. The van der Waals surface area contributed by atoms with E-state index in [0.29, 0.717) is 55.9 Å². The maximum Gasteiger partial charge on any atom is 0.320 e. The van der Waals surface area contributed by atoms with Crippen molar-refractivity contribution in [3.63, 3.8) is 0 Å². The van der Waals surface area contributed by atoms with Crippen LogP contribution in [0.1, 0.15) is 36.0 Å². The number of carboxylic acid groups (broad SMARTS) is 1. The summed E-state index contributed by atoms with van der Waals surface area (Å²) in [7, 11) is 0. The molecule has 3 aromatic rings. The van der Waals surface area contributed by atoms with Gasteiger partial charge in [-0.25, -0.2) is 0 Å². The minimum atomic E-state index is -0.788. The third-order valence-corrected chi connectivity index (χ3v) is 9.13. The quantitative estimate of drug-likeness (QED) is 0.280. The van der Waals surface area contributed by atoms with Gasteiger partial charge in [0.2, 0.25) is 0 Å². The number of halogens is 1. The number of hydrogen-bond donors (Lipinski definition) is 1. The van der Waals surface area contributed by atoms with E-state index in [-0.39, 0.29) is 0 Å². The van der Waals surface area contributed by atoms with Crippen molar-refractivity contribution in [1.82, 2.24) is 9.80 Å². The Morgan fingerprint density at radius 1 is 0.933 bits per heavy atom. The van der Waals surface area contributed by atoms with Crippen molar-refractivity contribution in [2.75, 3.05) is 59.2 Å². The number of nitrogens with zero attached hydrogens (tertiary/aromatic N) is 2. The summed E-state index contributed by atoms with van der Waals surface area (Å²) in [5.41, 5.74) is 5.15. The minimum absolute atomic E-state index is 0.323. The van der Waals surface area contributed by atoms with Crippen LogP contribution in [0, 0.1) is 6.92 Å². The van der Waals surface area contributed by atoms with Crippen LogP contribution in [0.2, 0.25) is 5.02 Å². The second kappa shape index (κ2) is 14.7. The zero-order valence-electron chi connectivity index (χ0n) is 25.8. The zero-order valence-corrected chi connectivity index (χ0v) is 26.5. The number of hydrogen-bond acceptors (Lipinski definition) is 8. The molecule has 0 unspecified atom stereocenters. The second-order valence-corrected chi connectivity index (χ2v) is 12.2. The van der Waals surface area contributed by atoms with E-state index in [1.54, 1.807) is 0 Å². The van der Waals surface area contributed by atoms with Crippen LogP contribution in [0.4, 0.5) is 0 Å². The Bertz CT molecular complexity index is 1490. The van der Waals surface area contributed by atoms with Gasteiger partial charge >= 0.3 is 5.97 Å². The number of likely N-dealkylation sites (tertiary alicyclic amines) is 1. The molecule has 9 nitrogen and oxygen atoms in total. The van der Waals surface area contributed by atoms with Gasteiger partial charge in [0, 0.05) is 37.8 Å². The molecule has 3 aromatic carbocycles. The molecule has 10 heteroatoms. The molecule has 1 N–H and O–H groups in total. The largest absolute Gasteiger partial charge is 0.492 e. The highest BCUT2D eigenvalue weighted by atomic mass is 35.5. The molecule has 1 atom stereocenters. The molecule has 0 radical (unpaired) electrons. The summed E-state index contributed by atoms with van der Waals surface area (Å²) in [5, 5.41) is 10.3. The number of morpholine rings is 1. The van der Waals surface area contributed by atoms with Crippen LogP contribution < -0.4 is 18.9 Å². The molecule has 45 heavy (non-hydrogen) atoms. The lowest BCUT2D eigenvalue weighted by molar-refractivity contribution is -0.144. The van der Waals surface area contributed by atoms with Crippen molar-refractivity contribution < 1.29 is 33.6 Å². The highest BCUT2D eigenvalue weighted by Gasteiger charge is 2.29. The fraction of sp³-hybridized carbons (Fsp3) is 0.457. The molecule has 0 spiro atoms. The minimum Gasteiger partial charge on any atom is -0.492 e. The van der Waals surface area contributed by atoms with E-state index in [1.807, 2.05) is 41.3 Å². The number of aliphatic carboxylic acids is 1. The number of rotatable bonds is 11. The first kappa shape index (κ1) is 31.5. The first-order valence-electron chi connectivity index (χ1n) is 15.8. The number of fused-ring (bicyclic) bond motifs is 1. The molecule has 6 rings (SSSR count). The van der Waals surface area contributed by atoms with Gasteiger partial charge in [-0.05, 0) is 66.8 Å². The van der Waals surface area contributed by atoms with Gasteiger partial charge in [0.15, 0.2) is 11.5 Å². The molecule has 0 bridgehead atoms. The van der Waals surface area contributed by atoms with Crippen molar-refractivity contribution in [3.05, 3.63) is 70.2 Å². The molecule has 3 aliphatic rings. The number of carboxylic acids is 1. The van der Waals surface area contributed by atoms with Gasteiger partial charge in [-0.15, -0.1) is 0 Å². The molecule has 0 amide bonds. The van der Waals surface area contributed by atoms with Gasteiger partial charge in [-0.2, -0.15) is 0 Å². The SMILES string of the molecule is Cc1c(COc2cc(OCCN3CCOCC3)c(CN3CCCC[C@H]3C(=O)O)cc2Cl)cccc1-c1ccc2c(c1)OCCO2. The van der Waals surface area contributed by atoms with Crippen molar-refractivity contribution in [2.45, 2.75) is 45.4 Å². The van der Waals surface area contributed by atoms with Crippen LogP contribution in [0.3, 0.4) is 0 Å². The summed E-state index contributed by atoms with van der Waals surface area (Å²) in [6, 6.07) is 15.4. The van der Waals surface area contributed by atoms with Crippen molar-refractivity contribution in [2.24, 2.45) is 0 Å². The Morgan fingerprint density at radius 3 is 2.58 bits per heavy atom. The summed E-state index contributed by atoms with van der Waals surface area (Å²) < 4.78 is 29.7. The average molecular weight is 637 g/mol. The number of piperidine rings is 1. The van der Waals surface area contributed by atoms with E-state index < -0.39 is 12.0 Å². The van der Waals surface area contributed by atoms with Crippen LogP contribution in [-0.4, -0.2) is 86.1 Å². The van der Waals surface area contributed by atoms with Crippen LogP contribution in [0.5, 0.6) is 23.0 Å². The predicted octanol–water partition coefficient (Wildman–Crippen LogP) is 5.82. The molecule has 2 saturated heterocycles. The van der Waals surface area contributed by atoms with Crippen LogP contribution >= 0.6 is 11.6 Å². The summed E-state index contributed by atoms with van der Waals surface area (Å²) in [6.45, 7) is 9.16. The van der Waals surface area contributed by atoms with Crippen molar-refractivity contribution in [3.8, 4) is 34.1 Å². The Hall–Kier alpha value is -3.50. The molecule has 2 fully saturated rings. The summed E-state index contributed by atoms with van der Waals surface area (Å²) in [6.07, 6.45) is 2.53. The number of carbonyl (C=O) groups is 1. The molecule has 0 aromatic heterocycles. The van der Waals surface area contributed by atoms with Gasteiger partial charge < -0.3 is 28.8 Å². The van der Waals surface area contributed by atoms with Crippen LogP contribution in [0.25, 0.3) is 11.1 Å². The molecule has 240 valence electrons. The first-order valence-corrected chi connectivity index (χ1v) is 16.2. The number of benzene rings is 3. The average Bonchev–Trinajstić information content (AvgIpc) is 3.06. The third kappa shape index (κ3) is 7.66. The van der Waals surface area contributed by atoms with Gasteiger partial charge in [-0.3, -0.25) is 14.6 Å². The summed E-state index contributed by atoms with van der Waals surface area (Å²) in [4.78, 5) is 16.3. The van der Waals surface area contributed by atoms with Gasteiger partial charge in [0.1, 0.15) is 44.0 Å². The zero-order chi connectivity index (χ0) is 31.2. The standard InChI is InChI=1S/C35H41ClN2O7/c1-24-26(5-4-6-28(24)25-8-9-31-34(20-25)44-18-17-43-31)23-45-33-21-32(42-16-13-37-11-14-41-15-12-37)27(19-29(33)36)22-38-10-3-2-7-30(38)35(39)40/h4-6,8-9,19-21,30H,2-3,7,10-18,22-23H2,1H3,(H,39,40)/t30-/m0/s1. The first-order chi connectivity index (χ1) is 22.0. The lowest BCUT2D eigenvalue weighted by atomic mass is 9.96. The lowest BCUT2D eigenvalue weighted by Gasteiger charge is -2.33. The van der Waals surface area contributed by atoms with Gasteiger partial charge in [0.25, 0.3) is 0 Å². The van der Waals surface area contributed by atoms with Crippen molar-refractivity contribution in [1.29, 1.82) is 0 Å². The van der Waals surface area contributed by atoms with Crippen LogP contribution in [-0.2, 0) is 22.7 Å². The van der Waals surface area contributed by atoms with Gasteiger partial charge in [0.05, 0.1) is 18.2 Å². The Labute approximate surface area is 269 Å². The van der Waals surface area contributed by atoms with Gasteiger partial charge in [-0.1, -0.05) is 42.3 Å². The van der Waals surface area contributed by atoms with E-state index in [9.17, 15) is 9.90 Å². The molecule has 3 aliphatic heterocycles. The normalized spacial score (nSPS) is 18.8. The van der Waals surface area contributed by atoms with E-state index >= 15 is 0 Å². The predicted molar refractivity (Wildman–Crippen MR) is 172 cm³/mol. The summed E-state index contributed by atoms with van der Waals surface area (Å²) >= 11 is 6.81. The maximum absolute atomic E-state index is 12.0. The molecular formula is C35H41ClN2O7. The number of ether oxygens (including phenoxy) is 5. The Balaban J connectivity index is 1.20. The monoisotopic (exact) mass is 636 g/mol. The topological polar surface area (TPSA) is 89.9 Å². The molecule has 3 heterocycles. The fourth-order valence-corrected chi connectivity index (χ4v) is 6.49. The smallest absolute Gasteiger partial charge is 0.320 e. The van der Waals surface area contributed by atoms with E-state index in [2.05, 4.69) is 24.0 Å². The van der Waals surface area contributed by atoms with Crippen LogP contribution in [0.15, 0.2) is 48.5 Å². The summed E-state index contributed by atoms with van der Waals surface area (Å²) in [5.74, 6) is 1.93. The highest BCUT2D eigenvalue weighted by molar-refractivity contribution is 6.32. The Morgan fingerprint density at radius 2 is 1.76 bits per heavy atom. The van der Waals surface area contributed by atoms with E-state index in [1.165, 1.54) is 0 Å². The molecule has 0 aliphatic carbocycles. The fourth-order valence-electron chi connectivity index (χ4n) is 6.25. The van der Waals surface area contributed by atoms with E-state index in [4.69, 9.17) is 35.3 Å². The molecular weight excluding hydrogens is 596 g/mol.